The summed E-state index contributed by atoms with van der Waals surface area (Å²) in [4.78, 5) is 31.3. The molecule has 0 atom stereocenters. The summed E-state index contributed by atoms with van der Waals surface area (Å²) in [6.07, 6.45) is 0. The maximum absolute atomic E-state index is 5.31. The highest BCUT2D eigenvalue weighted by atomic mass is 15.1. The van der Waals surface area contributed by atoms with Gasteiger partial charge in [-0.05, 0) is 166 Å². The van der Waals surface area contributed by atoms with Crippen molar-refractivity contribution in [3.8, 4) is 136 Å². The van der Waals surface area contributed by atoms with E-state index in [2.05, 4.69) is 400 Å². The molecule has 0 aliphatic heterocycles. The molecule has 17 aromatic carbocycles. The Morgan fingerprint density at radius 3 is 0.627 bits per heavy atom. The van der Waals surface area contributed by atoms with E-state index in [0.717, 1.165) is 139 Å². The quantitative estimate of drug-likeness (QED) is 0.108. The molecule has 0 aliphatic carbocycles. The minimum Gasteiger partial charge on any atom is -0.309 e. The fourth-order valence-electron chi connectivity index (χ4n) is 17.7. The Labute approximate surface area is 679 Å². The highest BCUT2D eigenvalue weighted by Crippen LogP contribution is 2.46. The first kappa shape index (κ1) is 67.6. The van der Waals surface area contributed by atoms with Crippen LogP contribution in [0.2, 0.25) is 0 Å². The highest BCUT2D eigenvalue weighted by molar-refractivity contribution is 6.30. The van der Waals surface area contributed by atoms with Crippen molar-refractivity contribution in [2.24, 2.45) is 0 Å². The van der Waals surface area contributed by atoms with Crippen molar-refractivity contribution in [2.75, 3.05) is 0 Å². The minimum absolute atomic E-state index is 0.585. The fourth-order valence-corrected chi connectivity index (χ4v) is 17.7. The van der Waals surface area contributed by atoms with Gasteiger partial charge in [-0.25, -0.2) is 29.9 Å². The van der Waals surface area contributed by atoms with Crippen molar-refractivity contribution in [1.29, 1.82) is 0 Å². The van der Waals surface area contributed by atoms with E-state index in [-0.39, 0.29) is 0 Å². The van der Waals surface area contributed by atoms with Gasteiger partial charge in [0.2, 0.25) is 0 Å². The lowest BCUT2D eigenvalue weighted by Gasteiger charge is -2.12. The van der Waals surface area contributed by atoms with Gasteiger partial charge in [-0.1, -0.05) is 291 Å². The lowest BCUT2D eigenvalue weighted by atomic mass is 9.98. The second kappa shape index (κ2) is 28.0. The molecule has 0 N–H and O–H groups in total. The van der Waals surface area contributed by atoms with Crippen LogP contribution in [0.4, 0.5) is 0 Å². The molecule has 0 fully saturated rings. The Bertz CT molecular complexity index is 7820. The fraction of sp³-hybridized carbons (Fsp3) is 0. The topological polar surface area (TPSA) is 97.1 Å². The monoisotopic (exact) mass is 1500 g/mol. The van der Waals surface area contributed by atoms with Crippen LogP contribution in [0.5, 0.6) is 0 Å². The summed E-state index contributed by atoms with van der Waals surface area (Å²) < 4.78 is 9.61. The van der Waals surface area contributed by atoms with Crippen LogP contribution in [-0.2, 0) is 0 Å². The predicted octanol–water partition coefficient (Wildman–Crippen LogP) is 27.1. The minimum atomic E-state index is 0.585. The van der Waals surface area contributed by atoms with Crippen LogP contribution in [0.3, 0.4) is 0 Å². The van der Waals surface area contributed by atoms with Gasteiger partial charge in [0.15, 0.2) is 34.9 Å². The largest absolute Gasteiger partial charge is 0.309 e. The zero-order valence-corrected chi connectivity index (χ0v) is 63.7. The van der Waals surface area contributed by atoms with Crippen LogP contribution in [0.15, 0.2) is 413 Å². The molecule has 0 aliphatic rings. The van der Waals surface area contributed by atoms with Crippen molar-refractivity contribution >= 4 is 87.2 Å². The molecule has 6 heterocycles. The SMILES string of the molecule is c1ccc(-c2ccc(-c3nc(-c4ccc(-c5ccc(-c6ccc7c8c9c%10ccccc%10n(-c%10ccccc%10)c9ccc8n(-c8ccc(-c9nc(-c%10ccccc%10)nc(-c%10ccc(-c%11ccccc%11)cc%10)n9)cc8)c7c6)cc5)cc4)nc(-c4ccc(-n5c6ccccc6c6c7c8ccccc8n(-c8ccccc8)c7ccc65)cc4)n3)cc2)cc1. The van der Waals surface area contributed by atoms with Crippen molar-refractivity contribution in [1.82, 2.24) is 48.2 Å². The third-order valence-electron chi connectivity index (χ3n) is 23.3. The van der Waals surface area contributed by atoms with Crippen molar-refractivity contribution in [2.45, 2.75) is 0 Å². The molecule has 23 aromatic rings. The zero-order chi connectivity index (χ0) is 77.7. The van der Waals surface area contributed by atoms with Crippen molar-refractivity contribution in [3.63, 3.8) is 0 Å². The summed E-state index contributed by atoms with van der Waals surface area (Å²) in [5.41, 5.74) is 27.7. The Balaban J connectivity index is 0.596. The normalized spacial score (nSPS) is 11.7. The molecule has 0 unspecified atom stereocenters. The van der Waals surface area contributed by atoms with E-state index < -0.39 is 0 Å². The zero-order valence-electron chi connectivity index (χ0n) is 63.7. The number of rotatable bonds is 14. The first-order valence-electron chi connectivity index (χ1n) is 39.9. The van der Waals surface area contributed by atoms with Crippen LogP contribution in [0, 0.1) is 0 Å². The van der Waals surface area contributed by atoms with Gasteiger partial charge in [0.1, 0.15) is 0 Å². The van der Waals surface area contributed by atoms with Crippen LogP contribution >= 0.6 is 0 Å². The molecule has 0 radical (unpaired) electrons. The van der Waals surface area contributed by atoms with Gasteiger partial charge in [-0.2, -0.15) is 0 Å². The molecule has 0 saturated heterocycles. The lowest BCUT2D eigenvalue weighted by Crippen LogP contribution is -2.01. The van der Waals surface area contributed by atoms with Crippen LogP contribution < -0.4 is 0 Å². The molecule has 10 nitrogen and oxygen atoms in total. The van der Waals surface area contributed by atoms with Crippen molar-refractivity contribution in [3.05, 3.63) is 413 Å². The number of fused-ring (bicyclic) bond motifs is 14. The third-order valence-corrected chi connectivity index (χ3v) is 23.3. The Morgan fingerprint density at radius 2 is 0.322 bits per heavy atom. The number of hydrogen-bond donors (Lipinski definition) is 0. The summed E-state index contributed by atoms with van der Waals surface area (Å²) in [6, 6.07) is 147. The molecule has 23 rings (SSSR count). The van der Waals surface area contributed by atoms with E-state index in [1.807, 2.05) is 30.3 Å². The second-order valence-corrected chi connectivity index (χ2v) is 30.1. The Kier molecular flexibility index (Phi) is 16.0. The second-order valence-electron chi connectivity index (χ2n) is 30.1. The molecule has 10 heteroatoms. The van der Waals surface area contributed by atoms with E-state index >= 15 is 0 Å². The maximum atomic E-state index is 5.31. The van der Waals surface area contributed by atoms with Crippen LogP contribution in [0.25, 0.3) is 223 Å². The lowest BCUT2D eigenvalue weighted by molar-refractivity contribution is 1.07. The van der Waals surface area contributed by atoms with Crippen molar-refractivity contribution < 1.29 is 0 Å². The molecular formula is C108H68N10. The van der Waals surface area contributed by atoms with E-state index in [0.29, 0.717) is 34.9 Å². The standard InChI is InChI=1S/C108H68N10/c1-6-22-69(23-7-1)71-42-48-77(49-43-71)104-109-103(76-26-10-3-11-27-76)110-107(112-104)81-56-61-86(62-57-81)118-97-67-66-95-101(88-33-17-20-36-92(88)116(95)84-30-14-5-15-31-84)102(97)90-63-58-82(68-98(90)118)75-40-38-73(39-41-75)74-46-52-79(53-47-74)106-111-105(78-50-44-72(45-51-78)70-24-8-2-9-25-70)113-108(114-106)80-54-59-85(60-55-80)117-93-37-21-18-34-89(93)100-96(117)65-64-94-99(100)87-32-16-19-35-91(87)115(94)83-28-12-4-13-29-83/h1-68H. The predicted molar refractivity (Wildman–Crippen MR) is 485 cm³/mol. The molecule has 118 heavy (non-hydrogen) atoms. The number of aromatic nitrogens is 10. The summed E-state index contributed by atoms with van der Waals surface area (Å²) >= 11 is 0. The van der Waals surface area contributed by atoms with E-state index in [1.54, 1.807) is 0 Å². The van der Waals surface area contributed by atoms with Gasteiger partial charge < -0.3 is 18.3 Å². The van der Waals surface area contributed by atoms with Gasteiger partial charge in [-0.3, -0.25) is 0 Å². The molecular weight excluding hydrogens is 1440 g/mol. The van der Waals surface area contributed by atoms with Gasteiger partial charge in [0.25, 0.3) is 0 Å². The molecule has 6 aromatic heterocycles. The molecule has 0 amide bonds. The van der Waals surface area contributed by atoms with Crippen LogP contribution in [0.1, 0.15) is 0 Å². The first-order chi connectivity index (χ1) is 58.5. The van der Waals surface area contributed by atoms with Gasteiger partial charge in [0, 0.05) is 99.2 Å². The summed E-state index contributed by atoms with van der Waals surface area (Å²) in [5, 5.41) is 9.65. The highest BCUT2D eigenvalue weighted by Gasteiger charge is 2.25. The smallest absolute Gasteiger partial charge is 0.164 e. The summed E-state index contributed by atoms with van der Waals surface area (Å²) in [6.45, 7) is 0. The summed E-state index contributed by atoms with van der Waals surface area (Å²) in [7, 11) is 0. The Morgan fingerprint density at radius 1 is 0.127 bits per heavy atom. The third kappa shape index (κ3) is 11.5. The number of hydrogen-bond acceptors (Lipinski definition) is 6. The number of para-hydroxylation sites is 5. The van der Waals surface area contributed by atoms with Gasteiger partial charge in [0.05, 0.1) is 44.1 Å². The molecule has 0 saturated carbocycles. The van der Waals surface area contributed by atoms with E-state index in [4.69, 9.17) is 29.9 Å². The maximum Gasteiger partial charge on any atom is 0.164 e. The van der Waals surface area contributed by atoms with Gasteiger partial charge in [-0.15, -0.1) is 0 Å². The number of nitrogens with zero attached hydrogens (tertiary/aromatic N) is 10. The summed E-state index contributed by atoms with van der Waals surface area (Å²) in [5.74, 6) is 3.58. The van der Waals surface area contributed by atoms with E-state index in [1.165, 1.54) is 48.7 Å². The average molecular weight is 1510 g/mol. The number of benzene rings is 17. The van der Waals surface area contributed by atoms with E-state index in [9.17, 15) is 0 Å². The molecule has 0 spiro atoms. The van der Waals surface area contributed by atoms with Crippen LogP contribution in [-0.4, -0.2) is 48.2 Å². The molecule has 550 valence electrons. The molecule has 0 bridgehead atoms. The average Bonchev–Trinajstić information content (AvgIpc) is 1.55. The van der Waals surface area contributed by atoms with Gasteiger partial charge >= 0.3 is 0 Å². The Hall–Kier alpha value is -16.0. The first-order valence-corrected chi connectivity index (χ1v) is 39.9.